The summed E-state index contributed by atoms with van der Waals surface area (Å²) < 4.78 is 0. The van der Waals surface area contributed by atoms with E-state index in [2.05, 4.69) is 11.8 Å². The minimum Gasteiger partial charge on any atom is -0.339 e. The van der Waals surface area contributed by atoms with Crippen molar-refractivity contribution in [2.75, 3.05) is 13.1 Å². The molecule has 98 valence electrons. The molecule has 1 saturated heterocycles. The van der Waals surface area contributed by atoms with Gasteiger partial charge in [-0.3, -0.25) is 4.79 Å². The minimum absolute atomic E-state index is 0.312. The van der Waals surface area contributed by atoms with Crippen LogP contribution >= 0.6 is 11.3 Å². The van der Waals surface area contributed by atoms with Gasteiger partial charge in [0.2, 0.25) is 0 Å². The zero-order valence-electron chi connectivity index (χ0n) is 11.1. The topological polar surface area (TPSA) is 20.3 Å². The second-order valence-electron chi connectivity index (χ2n) is 5.49. The standard InChI is InChI=1S/C15H21NOS/c1-11-14(12-7-3-4-8-13(12)18-11)15(17)16-9-5-2-6-10-16/h2-10H2,1H3. The van der Waals surface area contributed by atoms with Crippen LogP contribution in [0, 0.1) is 6.92 Å². The van der Waals surface area contributed by atoms with Crippen LogP contribution in [0.1, 0.15) is 57.8 Å². The Morgan fingerprint density at radius 2 is 1.78 bits per heavy atom. The van der Waals surface area contributed by atoms with Crippen LogP contribution in [0.5, 0.6) is 0 Å². The van der Waals surface area contributed by atoms with Crippen molar-refractivity contribution in [3.8, 4) is 0 Å². The summed E-state index contributed by atoms with van der Waals surface area (Å²) >= 11 is 1.86. The first-order chi connectivity index (χ1) is 8.77. The first-order valence-electron chi connectivity index (χ1n) is 7.18. The SMILES string of the molecule is Cc1sc2c(c1C(=O)N1CCCCC1)CCCC2. The van der Waals surface area contributed by atoms with Gasteiger partial charge in [0.1, 0.15) is 0 Å². The van der Waals surface area contributed by atoms with Crippen LogP contribution in [0.25, 0.3) is 0 Å². The van der Waals surface area contributed by atoms with E-state index < -0.39 is 0 Å². The number of nitrogens with zero attached hydrogens (tertiary/aromatic N) is 1. The molecule has 2 heterocycles. The number of piperidine rings is 1. The Hall–Kier alpha value is -0.830. The van der Waals surface area contributed by atoms with Crippen LogP contribution in [0.2, 0.25) is 0 Å². The van der Waals surface area contributed by atoms with E-state index in [1.165, 1.54) is 53.8 Å². The molecule has 1 aromatic rings. The lowest BCUT2D eigenvalue weighted by molar-refractivity contribution is 0.0723. The molecule has 1 aliphatic carbocycles. The third-order valence-corrected chi connectivity index (χ3v) is 5.41. The fourth-order valence-corrected chi connectivity index (χ4v) is 4.49. The molecule has 0 bridgehead atoms. The molecule has 18 heavy (non-hydrogen) atoms. The molecule has 3 heteroatoms. The van der Waals surface area contributed by atoms with E-state index in [4.69, 9.17) is 0 Å². The third-order valence-electron chi connectivity index (χ3n) is 4.20. The Bertz CT molecular complexity index is 457. The smallest absolute Gasteiger partial charge is 0.255 e. The monoisotopic (exact) mass is 263 g/mol. The fourth-order valence-electron chi connectivity index (χ4n) is 3.24. The van der Waals surface area contributed by atoms with Crippen molar-refractivity contribution < 1.29 is 4.79 Å². The summed E-state index contributed by atoms with van der Waals surface area (Å²) in [6, 6.07) is 0. The van der Waals surface area contributed by atoms with Gasteiger partial charge in [0, 0.05) is 22.8 Å². The lowest BCUT2D eigenvalue weighted by atomic mass is 9.94. The van der Waals surface area contributed by atoms with Gasteiger partial charge in [-0.25, -0.2) is 0 Å². The third kappa shape index (κ3) is 2.09. The number of carbonyl (C=O) groups is 1. The molecule has 3 rings (SSSR count). The van der Waals surface area contributed by atoms with Gasteiger partial charge in [-0.05, 0) is 57.4 Å². The minimum atomic E-state index is 0.312. The van der Waals surface area contributed by atoms with E-state index in [1.54, 1.807) is 0 Å². The molecule has 2 nitrogen and oxygen atoms in total. The van der Waals surface area contributed by atoms with Crippen molar-refractivity contribution in [3.63, 3.8) is 0 Å². The van der Waals surface area contributed by atoms with Crippen molar-refractivity contribution in [2.24, 2.45) is 0 Å². The number of hydrogen-bond acceptors (Lipinski definition) is 2. The van der Waals surface area contributed by atoms with E-state index in [0.717, 1.165) is 25.1 Å². The van der Waals surface area contributed by atoms with E-state index >= 15 is 0 Å². The van der Waals surface area contributed by atoms with Crippen molar-refractivity contribution in [3.05, 3.63) is 20.9 Å². The maximum Gasteiger partial charge on any atom is 0.255 e. The summed E-state index contributed by atoms with van der Waals surface area (Å²) in [4.78, 5) is 17.5. The summed E-state index contributed by atoms with van der Waals surface area (Å²) in [6.45, 7) is 4.05. The molecule has 0 radical (unpaired) electrons. The van der Waals surface area contributed by atoms with E-state index in [9.17, 15) is 4.79 Å². The highest BCUT2D eigenvalue weighted by molar-refractivity contribution is 7.12. The van der Waals surface area contributed by atoms with Crippen molar-refractivity contribution in [1.82, 2.24) is 4.90 Å². The number of hydrogen-bond donors (Lipinski definition) is 0. The number of aryl methyl sites for hydroxylation is 2. The largest absolute Gasteiger partial charge is 0.339 e. The quantitative estimate of drug-likeness (QED) is 0.758. The molecule has 2 aliphatic rings. The highest BCUT2D eigenvalue weighted by atomic mass is 32.1. The molecular weight excluding hydrogens is 242 g/mol. The van der Waals surface area contributed by atoms with Crippen LogP contribution in [0.3, 0.4) is 0 Å². The Labute approximate surface area is 113 Å². The average Bonchev–Trinajstić information content (AvgIpc) is 2.75. The lowest BCUT2D eigenvalue weighted by Gasteiger charge is -2.27. The normalized spacial score (nSPS) is 19.7. The molecule has 1 fully saturated rings. The Morgan fingerprint density at radius 1 is 1.06 bits per heavy atom. The van der Waals surface area contributed by atoms with Crippen molar-refractivity contribution >= 4 is 17.2 Å². The fraction of sp³-hybridized carbons (Fsp3) is 0.667. The first kappa shape index (κ1) is 12.2. The van der Waals surface area contributed by atoms with Gasteiger partial charge in [0.05, 0.1) is 5.56 Å². The number of amides is 1. The summed E-state index contributed by atoms with van der Waals surface area (Å²) in [7, 11) is 0. The molecular formula is C15H21NOS. The zero-order chi connectivity index (χ0) is 12.5. The summed E-state index contributed by atoms with van der Waals surface area (Å²) in [5, 5.41) is 0. The predicted molar refractivity (Wildman–Crippen MR) is 75.5 cm³/mol. The van der Waals surface area contributed by atoms with Crippen LogP contribution < -0.4 is 0 Å². The first-order valence-corrected chi connectivity index (χ1v) is 7.99. The van der Waals surface area contributed by atoms with Gasteiger partial charge in [-0.1, -0.05) is 0 Å². The lowest BCUT2D eigenvalue weighted by Crippen LogP contribution is -2.36. The maximum atomic E-state index is 12.7. The Balaban J connectivity index is 1.90. The summed E-state index contributed by atoms with van der Waals surface area (Å²) in [5.41, 5.74) is 2.45. The number of likely N-dealkylation sites (tertiary alicyclic amines) is 1. The van der Waals surface area contributed by atoms with Gasteiger partial charge in [0.25, 0.3) is 5.91 Å². The zero-order valence-corrected chi connectivity index (χ0v) is 11.9. The Kier molecular flexibility index (Phi) is 3.42. The maximum absolute atomic E-state index is 12.7. The number of carbonyl (C=O) groups excluding carboxylic acids is 1. The number of rotatable bonds is 1. The molecule has 0 N–H and O–H groups in total. The van der Waals surface area contributed by atoms with Gasteiger partial charge in [-0.2, -0.15) is 0 Å². The van der Waals surface area contributed by atoms with Crippen LogP contribution in [-0.2, 0) is 12.8 Å². The van der Waals surface area contributed by atoms with Crippen molar-refractivity contribution in [2.45, 2.75) is 51.9 Å². The second kappa shape index (κ2) is 5.04. The highest BCUT2D eigenvalue weighted by Crippen LogP contribution is 2.35. The predicted octanol–water partition coefficient (Wildman–Crippen LogP) is 3.56. The molecule has 0 aromatic carbocycles. The number of fused-ring (bicyclic) bond motifs is 1. The van der Waals surface area contributed by atoms with E-state index in [0.29, 0.717) is 5.91 Å². The summed E-state index contributed by atoms with van der Waals surface area (Å²) in [6.07, 6.45) is 8.50. The molecule has 1 amide bonds. The molecule has 0 unspecified atom stereocenters. The van der Waals surface area contributed by atoms with E-state index in [-0.39, 0.29) is 0 Å². The molecule has 1 aromatic heterocycles. The van der Waals surface area contributed by atoms with Crippen LogP contribution in [0.4, 0.5) is 0 Å². The highest BCUT2D eigenvalue weighted by Gasteiger charge is 2.27. The van der Waals surface area contributed by atoms with Crippen molar-refractivity contribution in [1.29, 1.82) is 0 Å². The van der Waals surface area contributed by atoms with E-state index in [1.807, 2.05) is 11.3 Å². The Morgan fingerprint density at radius 3 is 2.56 bits per heavy atom. The van der Waals surface area contributed by atoms with Gasteiger partial charge in [-0.15, -0.1) is 11.3 Å². The van der Waals surface area contributed by atoms with Crippen LogP contribution in [0.15, 0.2) is 0 Å². The van der Waals surface area contributed by atoms with Gasteiger partial charge in [0.15, 0.2) is 0 Å². The molecule has 0 spiro atoms. The number of thiophene rings is 1. The molecule has 0 atom stereocenters. The molecule has 0 saturated carbocycles. The van der Waals surface area contributed by atoms with Gasteiger partial charge >= 0.3 is 0 Å². The summed E-state index contributed by atoms with van der Waals surface area (Å²) in [5.74, 6) is 0.312. The second-order valence-corrected chi connectivity index (χ2v) is 6.80. The average molecular weight is 263 g/mol. The molecule has 1 aliphatic heterocycles. The van der Waals surface area contributed by atoms with Gasteiger partial charge < -0.3 is 4.90 Å². The van der Waals surface area contributed by atoms with Crippen LogP contribution in [-0.4, -0.2) is 23.9 Å².